The van der Waals surface area contributed by atoms with Crippen molar-refractivity contribution in [3.05, 3.63) is 65.2 Å². The zero-order valence-corrected chi connectivity index (χ0v) is 10.7. The molecule has 2 rings (SSSR count). The molecule has 0 amide bonds. The molecule has 2 aromatic rings. The van der Waals surface area contributed by atoms with Gasteiger partial charge in [0.25, 0.3) is 0 Å². The van der Waals surface area contributed by atoms with Crippen molar-refractivity contribution in [3.63, 3.8) is 0 Å². The Hall–Kier alpha value is -1.74. The molecule has 0 aliphatic carbocycles. The summed E-state index contributed by atoms with van der Waals surface area (Å²) < 4.78 is 13.1. The van der Waals surface area contributed by atoms with E-state index in [1.54, 1.807) is 6.20 Å². The monoisotopic (exact) mass is 244 g/mol. The van der Waals surface area contributed by atoms with Gasteiger partial charge in [0.15, 0.2) is 0 Å². The smallest absolute Gasteiger partial charge is 0.141 e. The van der Waals surface area contributed by atoms with Gasteiger partial charge in [0.05, 0.1) is 6.20 Å². The molecular formula is C15H17FN2. The van der Waals surface area contributed by atoms with Crippen LogP contribution in [0.3, 0.4) is 0 Å². The summed E-state index contributed by atoms with van der Waals surface area (Å²) in [5, 5.41) is 3.38. The number of hydrogen-bond acceptors (Lipinski definition) is 2. The molecule has 1 N–H and O–H groups in total. The van der Waals surface area contributed by atoms with Crippen LogP contribution in [0.2, 0.25) is 0 Å². The molecule has 0 fully saturated rings. The van der Waals surface area contributed by atoms with Crippen molar-refractivity contribution in [2.24, 2.45) is 0 Å². The van der Waals surface area contributed by atoms with Gasteiger partial charge in [0, 0.05) is 18.8 Å². The highest BCUT2D eigenvalue weighted by Gasteiger charge is 2.06. The molecule has 3 heteroatoms. The van der Waals surface area contributed by atoms with Crippen molar-refractivity contribution in [1.29, 1.82) is 0 Å². The SMILES string of the molecule is Cc1ccccc1CNC(C)c1cncc(F)c1. The van der Waals surface area contributed by atoms with E-state index in [2.05, 4.69) is 29.4 Å². The molecule has 0 spiro atoms. The van der Waals surface area contributed by atoms with Crippen molar-refractivity contribution in [1.82, 2.24) is 10.3 Å². The molecule has 1 aromatic carbocycles. The number of aryl methyl sites for hydroxylation is 1. The number of benzene rings is 1. The Morgan fingerprint density at radius 3 is 2.78 bits per heavy atom. The van der Waals surface area contributed by atoms with E-state index in [0.29, 0.717) is 0 Å². The summed E-state index contributed by atoms with van der Waals surface area (Å²) in [6, 6.07) is 9.83. The van der Waals surface area contributed by atoms with Gasteiger partial charge in [-0.25, -0.2) is 4.39 Å². The first-order valence-electron chi connectivity index (χ1n) is 6.05. The minimum Gasteiger partial charge on any atom is -0.306 e. The molecule has 1 aromatic heterocycles. The second-order valence-corrected chi connectivity index (χ2v) is 4.47. The number of nitrogens with zero attached hydrogens (tertiary/aromatic N) is 1. The number of aromatic nitrogens is 1. The number of pyridine rings is 1. The lowest BCUT2D eigenvalue weighted by Crippen LogP contribution is -2.18. The number of hydrogen-bond donors (Lipinski definition) is 1. The lowest BCUT2D eigenvalue weighted by Gasteiger charge is -2.15. The zero-order chi connectivity index (χ0) is 13.0. The molecule has 1 atom stereocenters. The highest BCUT2D eigenvalue weighted by molar-refractivity contribution is 5.25. The van der Waals surface area contributed by atoms with E-state index in [-0.39, 0.29) is 11.9 Å². The van der Waals surface area contributed by atoms with Crippen molar-refractivity contribution < 1.29 is 4.39 Å². The molecular weight excluding hydrogens is 227 g/mol. The fourth-order valence-electron chi connectivity index (χ4n) is 1.85. The zero-order valence-electron chi connectivity index (χ0n) is 10.7. The van der Waals surface area contributed by atoms with Crippen LogP contribution in [0.4, 0.5) is 4.39 Å². The van der Waals surface area contributed by atoms with Gasteiger partial charge >= 0.3 is 0 Å². The van der Waals surface area contributed by atoms with Gasteiger partial charge in [-0.05, 0) is 36.6 Å². The molecule has 2 nitrogen and oxygen atoms in total. The van der Waals surface area contributed by atoms with Crippen LogP contribution < -0.4 is 5.32 Å². The summed E-state index contributed by atoms with van der Waals surface area (Å²) in [7, 11) is 0. The van der Waals surface area contributed by atoms with Crippen LogP contribution >= 0.6 is 0 Å². The van der Waals surface area contributed by atoms with E-state index in [1.807, 2.05) is 19.1 Å². The van der Waals surface area contributed by atoms with Crippen molar-refractivity contribution in [3.8, 4) is 0 Å². The quantitative estimate of drug-likeness (QED) is 0.891. The Morgan fingerprint density at radius 1 is 1.28 bits per heavy atom. The van der Waals surface area contributed by atoms with E-state index >= 15 is 0 Å². The van der Waals surface area contributed by atoms with Gasteiger partial charge < -0.3 is 5.32 Å². The Balaban J connectivity index is 2.00. The van der Waals surface area contributed by atoms with Crippen molar-refractivity contribution in [2.75, 3.05) is 0 Å². The Bertz CT molecular complexity index is 525. The number of rotatable bonds is 4. The van der Waals surface area contributed by atoms with E-state index in [0.717, 1.165) is 12.1 Å². The number of halogens is 1. The summed E-state index contributed by atoms with van der Waals surface area (Å²) in [6.45, 7) is 4.87. The summed E-state index contributed by atoms with van der Waals surface area (Å²) in [5.41, 5.74) is 3.38. The predicted octanol–water partition coefficient (Wildman–Crippen LogP) is 3.38. The van der Waals surface area contributed by atoms with Gasteiger partial charge in [-0.1, -0.05) is 24.3 Å². The lowest BCUT2D eigenvalue weighted by molar-refractivity contribution is 0.560. The molecule has 0 radical (unpaired) electrons. The maximum atomic E-state index is 13.1. The topological polar surface area (TPSA) is 24.9 Å². The first kappa shape index (κ1) is 12.7. The molecule has 0 aliphatic heterocycles. The van der Waals surface area contributed by atoms with Crippen LogP contribution in [-0.2, 0) is 6.54 Å². The average molecular weight is 244 g/mol. The summed E-state index contributed by atoms with van der Waals surface area (Å²) in [5.74, 6) is -0.294. The van der Waals surface area contributed by atoms with Gasteiger partial charge in [0.2, 0.25) is 0 Å². The Kier molecular flexibility index (Phi) is 4.05. The molecule has 0 aliphatic rings. The third-order valence-electron chi connectivity index (χ3n) is 3.09. The second kappa shape index (κ2) is 5.74. The van der Waals surface area contributed by atoms with Gasteiger partial charge in [-0.3, -0.25) is 4.98 Å². The third kappa shape index (κ3) is 3.14. The van der Waals surface area contributed by atoms with Crippen LogP contribution in [0.15, 0.2) is 42.7 Å². The molecule has 0 saturated carbocycles. The Morgan fingerprint density at radius 2 is 2.06 bits per heavy atom. The summed E-state index contributed by atoms with van der Waals surface area (Å²) >= 11 is 0. The van der Waals surface area contributed by atoms with Crippen LogP contribution in [-0.4, -0.2) is 4.98 Å². The van der Waals surface area contributed by atoms with Gasteiger partial charge in [-0.2, -0.15) is 0 Å². The molecule has 1 unspecified atom stereocenters. The fourth-order valence-corrected chi connectivity index (χ4v) is 1.85. The molecule has 1 heterocycles. The van der Waals surface area contributed by atoms with Crippen LogP contribution in [0, 0.1) is 12.7 Å². The highest BCUT2D eigenvalue weighted by atomic mass is 19.1. The fraction of sp³-hybridized carbons (Fsp3) is 0.267. The normalized spacial score (nSPS) is 12.4. The van der Waals surface area contributed by atoms with Crippen LogP contribution in [0.5, 0.6) is 0 Å². The summed E-state index contributed by atoms with van der Waals surface area (Å²) in [6.07, 6.45) is 2.91. The van der Waals surface area contributed by atoms with Crippen LogP contribution in [0.1, 0.15) is 29.7 Å². The first-order valence-corrected chi connectivity index (χ1v) is 6.05. The minimum atomic E-state index is -0.294. The molecule has 94 valence electrons. The Labute approximate surface area is 107 Å². The van der Waals surface area contributed by atoms with Crippen molar-refractivity contribution in [2.45, 2.75) is 26.4 Å². The largest absolute Gasteiger partial charge is 0.306 e. The van der Waals surface area contributed by atoms with E-state index in [4.69, 9.17) is 0 Å². The average Bonchev–Trinajstić information content (AvgIpc) is 2.37. The first-order chi connectivity index (χ1) is 8.66. The molecule has 0 bridgehead atoms. The van der Waals surface area contributed by atoms with E-state index in [1.165, 1.54) is 23.4 Å². The maximum absolute atomic E-state index is 13.1. The highest BCUT2D eigenvalue weighted by Crippen LogP contribution is 2.14. The van der Waals surface area contributed by atoms with Crippen LogP contribution in [0.25, 0.3) is 0 Å². The molecule has 18 heavy (non-hydrogen) atoms. The predicted molar refractivity (Wildman–Crippen MR) is 70.6 cm³/mol. The minimum absolute atomic E-state index is 0.0767. The van der Waals surface area contributed by atoms with Gasteiger partial charge in [-0.15, -0.1) is 0 Å². The van der Waals surface area contributed by atoms with E-state index < -0.39 is 0 Å². The molecule has 0 saturated heterocycles. The van der Waals surface area contributed by atoms with Gasteiger partial charge in [0.1, 0.15) is 5.82 Å². The third-order valence-corrected chi connectivity index (χ3v) is 3.09. The standard InChI is InChI=1S/C15H17FN2/c1-11-5-3-4-6-13(11)9-18-12(2)14-7-15(16)10-17-8-14/h3-8,10,12,18H,9H2,1-2H3. The second-order valence-electron chi connectivity index (χ2n) is 4.47. The van der Waals surface area contributed by atoms with E-state index in [9.17, 15) is 4.39 Å². The van der Waals surface area contributed by atoms with Crippen molar-refractivity contribution >= 4 is 0 Å². The lowest BCUT2D eigenvalue weighted by atomic mass is 10.1. The number of nitrogens with one attached hydrogen (secondary N) is 1. The summed E-state index contributed by atoms with van der Waals surface area (Å²) in [4.78, 5) is 3.86. The maximum Gasteiger partial charge on any atom is 0.141 e.